The lowest BCUT2D eigenvalue weighted by Crippen LogP contribution is -2.07. The Labute approximate surface area is 122 Å². The highest BCUT2D eigenvalue weighted by molar-refractivity contribution is 7.90. The molecule has 0 aliphatic rings. The van der Waals surface area contributed by atoms with Crippen LogP contribution in [-0.4, -0.2) is 8.42 Å². The van der Waals surface area contributed by atoms with Crippen LogP contribution in [0.25, 0.3) is 0 Å². The van der Waals surface area contributed by atoms with Crippen molar-refractivity contribution < 1.29 is 12.8 Å². The fraction of sp³-hybridized carbons (Fsp3) is 0.143. The minimum atomic E-state index is -3.63. The first-order valence-electron chi connectivity index (χ1n) is 5.88. The van der Waals surface area contributed by atoms with Crippen molar-refractivity contribution >= 4 is 21.4 Å². The van der Waals surface area contributed by atoms with E-state index in [-0.39, 0.29) is 17.0 Å². The summed E-state index contributed by atoms with van der Waals surface area (Å²) < 4.78 is 38.2. The largest absolute Gasteiger partial charge is 0.326 e. The molecular formula is C14H13ClFNO2S. The third-order valence-electron chi connectivity index (χ3n) is 2.85. The molecule has 0 radical (unpaired) electrons. The second kappa shape index (κ2) is 5.91. The van der Waals surface area contributed by atoms with Gasteiger partial charge in [-0.25, -0.2) is 12.8 Å². The second-order valence-corrected chi connectivity index (χ2v) is 6.77. The molecule has 2 aromatic rings. The standard InChI is InChI=1S/C14H13ClFNO2S/c15-12-2-1-3-13(7-12)20(18,19)9-11-5-4-10(8-17)6-14(11)16/h1-7H,8-9,17H2. The number of hydrogen-bond acceptors (Lipinski definition) is 3. The molecule has 106 valence electrons. The number of hydrogen-bond donors (Lipinski definition) is 1. The zero-order valence-electron chi connectivity index (χ0n) is 10.5. The Balaban J connectivity index is 2.33. The maximum Gasteiger partial charge on any atom is 0.182 e. The summed E-state index contributed by atoms with van der Waals surface area (Å²) in [5, 5.41) is 0.324. The molecule has 20 heavy (non-hydrogen) atoms. The third kappa shape index (κ3) is 3.36. The molecule has 0 amide bonds. The van der Waals surface area contributed by atoms with Crippen molar-refractivity contribution in [3.05, 3.63) is 64.4 Å². The van der Waals surface area contributed by atoms with Crippen LogP contribution in [-0.2, 0) is 22.1 Å². The van der Waals surface area contributed by atoms with Gasteiger partial charge in [0.15, 0.2) is 9.84 Å². The highest BCUT2D eigenvalue weighted by Crippen LogP contribution is 2.21. The number of benzene rings is 2. The van der Waals surface area contributed by atoms with E-state index in [4.69, 9.17) is 17.3 Å². The Bertz CT molecular complexity index is 732. The molecule has 0 aliphatic heterocycles. The number of halogens is 2. The molecule has 0 aromatic heterocycles. The molecule has 0 atom stereocenters. The fourth-order valence-electron chi connectivity index (χ4n) is 1.78. The maximum atomic E-state index is 13.8. The molecule has 2 N–H and O–H groups in total. The van der Waals surface area contributed by atoms with Gasteiger partial charge in [-0.1, -0.05) is 29.8 Å². The average molecular weight is 314 g/mol. The molecule has 0 unspecified atom stereocenters. The first-order valence-corrected chi connectivity index (χ1v) is 7.91. The van der Waals surface area contributed by atoms with Crippen molar-refractivity contribution in [1.29, 1.82) is 0 Å². The number of nitrogens with two attached hydrogens (primary N) is 1. The molecule has 0 saturated carbocycles. The highest BCUT2D eigenvalue weighted by Gasteiger charge is 2.18. The van der Waals surface area contributed by atoms with E-state index in [1.807, 2.05) is 0 Å². The molecule has 6 heteroatoms. The van der Waals surface area contributed by atoms with Crippen molar-refractivity contribution in [1.82, 2.24) is 0 Å². The normalized spacial score (nSPS) is 11.6. The molecule has 0 bridgehead atoms. The minimum absolute atomic E-state index is 0.0762. The summed E-state index contributed by atoms with van der Waals surface area (Å²) in [6.07, 6.45) is 0. The van der Waals surface area contributed by atoms with Crippen molar-refractivity contribution in [2.45, 2.75) is 17.2 Å². The Hall–Kier alpha value is -1.43. The molecule has 2 aromatic carbocycles. The van der Waals surface area contributed by atoms with Gasteiger partial charge in [0.2, 0.25) is 0 Å². The van der Waals surface area contributed by atoms with Crippen LogP contribution in [0.15, 0.2) is 47.4 Å². The summed E-state index contributed by atoms with van der Waals surface area (Å²) in [5.74, 6) is -0.983. The van der Waals surface area contributed by atoms with E-state index in [1.165, 1.54) is 24.3 Å². The zero-order valence-corrected chi connectivity index (χ0v) is 12.1. The summed E-state index contributed by atoms with van der Waals surface area (Å²) in [6, 6.07) is 10.2. The Kier molecular flexibility index (Phi) is 4.42. The first-order chi connectivity index (χ1) is 9.42. The first kappa shape index (κ1) is 15.0. The Morgan fingerprint density at radius 3 is 2.50 bits per heavy atom. The van der Waals surface area contributed by atoms with E-state index in [9.17, 15) is 12.8 Å². The van der Waals surface area contributed by atoms with Crippen molar-refractivity contribution in [3.63, 3.8) is 0 Å². The molecule has 0 fully saturated rings. The average Bonchev–Trinajstić information content (AvgIpc) is 2.41. The van der Waals surface area contributed by atoms with Gasteiger partial charge < -0.3 is 5.73 Å². The third-order valence-corrected chi connectivity index (χ3v) is 4.75. The van der Waals surface area contributed by atoms with Crippen LogP contribution in [0.4, 0.5) is 4.39 Å². The predicted molar refractivity (Wildman–Crippen MR) is 76.6 cm³/mol. The summed E-state index contributed by atoms with van der Waals surface area (Å²) in [4.78, 5) is 0.0762. The van der Waals surface area contributed by atoms with Crippen LogP contribution < -0.4 is 5.73 Å². The van der Waals surface area contributed by atoms with Gasteiger partial charge in [0.1, 0.15) is 5.82 Å². The smallest absolute Gasteiger partial charge is 0.182 e. The molecule has 0 heterocycles. The Morgan fingerprint density at radius 1 is 1.15 bits per heavy atom. The van der Waals surface area contributed by atoms with E-state index in [1.54, 1.807) is 18.2 Å². The van der Waals surface area contributed by atoms with Gasteiger partial charge in [0, 0.05) is 17.1 Å². The van der Waals surface area contributed by atoms with E-state index in [0.29, 0.717) is 10.6 Å². The van der Waals surface area contributed by atoms with Crippen LogP contribution in [0.1, 0.15) is 11.1 Å². The van der Waals surface area contributed by atoms with E-state index < -0.39 is 21.4 Å². The minimum Gasteiger partial charge on any atom is -0.326 e. The van der Waals surface area contributed by atoms with E-state index >= 15 is 0 Å². The van der Waals surface area contributed by atoms with Crippen LogP contribution in [0, 0.1) is 5.82 Å². The number of rotatable bonds is 4. The molecule has 0 aliphatic carbocycles. The van der Waals surface area contributed by atoms with Crippen LogP contribution in [0.5, 0.6) is 0 Å². The topological polar surface area (TPSA) is 60.2 Å². The summed E-state index contributed by atoms with van der Waals surface area (Å²) in [7, 11) is -3.63. The van der Waals surface area contributed by atoms with Crippen LogP contribution in [0.2, 0.25) is 5.02 Å². The van der Waals surface area contributed by atoms with Crippen LogP contribution >= 0.6 is 11.6 Å². The zero-order chi connectivity index (χ0) is 14.8. The van der Waals surface area contributed by atoms with Gasteiger partial charge in [-0.3, -0.25) is 0 Å². The fourth-order valence-corrected chi connectivity index (χ4v) is 3.44. The Morgan fingerprint density at radius 2 is 1.90 bits per heavy atom. The lowest BCUT2D eigenvalue weighted by molar-refractivity contribution is 0.586. The SMILES string of the molecule is NCc1ccc(CS(=O)(=O)c2cccc(Cl)c2)c(F)c1. The van der Waals surface area contributed by atoms with Gasteiger partial charge >= 0.3 is 0 Å². The molecule has 2 rings (SSSR count). The lowest BCUT2D eigenvalue weighted by atomic mass is 10.1. The molecule has 3 nitrogen and oxygen atoms in total. The summed E-state index contributed by atoms with van der Waals surface area (Å²) in [6.45, 7) is 0.207. The molecule has 0 saturated heterocycles. The summed E-state index contributed by atoms with van der Waals surface area (Å²) >= 11 is 5.77. The lowest BCUT2D eigenvalue weighted by Gasteiger charge is -2.07. The van der Waals surface area contributed by atoms with Crippen molar-refractivity contribution in [3.8, 4) is 0 Å². The molecule has 0 spiro atoms. The van der Waals surface area contributed by atoms with E-state index in [2.05, 4.69) is 0 Å². The van der Waals surface area contributed by atoms with Gasteiger partial charge in [0.25, 0.3) is 0 Å². The highest BCUT2D eigenvalue weighted by atomic mass is 35.5. The van der Waals surface area contributed by atoms with Crippen LogP contribution in [0.3, 0.4) is 0 Å². The maximum absolute atomic E-state index is 13.8. The monoisotopic (exact) mass is 313 g/mol. The van der Waals surface area contributed by atoms with Crippen molar-refractivity contribution in [2.24, 2.45) is 5.73 Å². The second-order valence-electron chi connectivity index (χ2n) is 4.35. The van der Waals surface area contributed by atoms with Gasteiger partial charge in [-0.2, -0.15) is 0 Å². The van der Waals surface area contributed by atoms with Gasteiger partial charge in [-0.15, -0.1) is 0 Å². The number of sulfone groups is 1. The predicted octanol–water partition coefficient (Wildman–Crippen LogP) is 2.91. The molecular weight excluding hydrogens is 301 g/mol. The summed E-state index contributed by atoms with van der Waals surface area (Å²) in [5.41, 5.74) is 6.13. The van der Waals surface area contributed by atoms with E-state index in [0.717, 1.165) is 0 Å². The quantitative estimate of drug-likeness (QED) is 0.944. The van der Waals surface area contributed by atoms with Gasteiger partial charge in [-0.05, 0) is 29.8 Å². The van der Waals surface area contributed by atoms with Gasteiger partial charge in [0.05, 0.1) is 10.6 Å². The van der Waals surface area contributed by atoms with Crippen molar-refractivity contribution in [2.75, 3.05) is 0 Å².